The van der Waals surface area contributed by atoms with Crippen LogP contribution in [0, 0.1) is 5.92 Å². The van der Waals surface area contributed by atoms with Gasteiger partial charge in [-0.05, 0) is 28.4 Å². The van der Waals surface area contributed by atoms with Gasteiger partial charge in [0.25, 0.3) is 0 Å². The van der Waals surface area contributed by atoms with Crippen LogP contribution in [0.5, 0.6) is 0 Å². The summed E-state index contributed by atoms with van der Waals surface area (Å²) < 4.78 is 15.3. The van der Waals surface area contributed by atoms with Gasteiger partial charge in [-0.15, -0.1) is 0 Å². The lowest BCUT2D eigenvalue weighted by Gasteiger charge is -1.96. The van der Waals surface area contributed by atoms with Gasteiger partial charge in [0.1, 0.15) is 22.8 Å². The minimum absolute atomic E-state index is 0.301. The van der Waals surface area contributed by atoms with E-state index in [1.54, 1.807) is 4.52 Å². The molecule has 102 valence electrons. The van der Waals surface area contributed by atoms with Gasteiger partial charge in [-0.2, -0.15) is 5.10 Å². The minimum atomic E-state index is -1.01. The van der Waals surface area contributed by atoms with Gasteiger partial charge in [-0.3, -0.25) is 4.79 Å². The zero-order valence-corrected chi connectivity index (χ0v) is 12.3. The first-order valence-corrected chi connectivity index (χ1v) is 7.48. The standard InChI is InChI=1S/C11H7BrFN5OS/c12-5-2-7-10(18-8(5)14-3-15-18)20-11(16-7)17-9(19)4-1-6(4)13/h2-4,6H,1H2,(H,16,17,19)/t4-,6+/m1/s1. The van der Waals surface area contributed by atoms with Crippen molar-refractivity contribution in [3.63, 3.8) is 0 Å². The number of thiazole rings is 1. The highest BCUT2D eigenvalue weighted by molar-refractivity contribution is 9.10. The van der Waals surface area contributed by atoms with Crippen LogP contribution in [0.15, 0.2) is 16.9 Å². The van der Waals surface area contributed by atoms with E-state index >= 15 is 0 Å². The molecule has 1 saturated carbocycles. The van der Waals surface area contributed by atoms with Crippen molar-refractivity contribution in [3.05, 3.63) is 16.9 Å². The number of hydrogen-bond acceptors (Lipinski definition) is 5. The summed E-state index contributed by atoms with van der Waals surface area (Å²) in [4.78, 5) is 21.0. The maximum atomic E-state index is 12.8. The van der Waals surface area contributed by atoms with Gasteiger partial charge in [0.05, 0.1) is 10.4 Å². The van der Waals surface area contributed by atoms with Crippen LogP contribution in [-0.2, 0) is 4.79 Å². The smallest absolute Gasteiger partial charge is 0.232 e. The van der Waals surface area contributed by atoms with Crippen molar-refractivity contribution in [2.75, 3.05) is 5.32 Å². The molecule has 0 bridgehead atoms. The maximum absolute atomic E-state index is 12.8. The number of amides is 1. The van der Waals surface area contributed by atoms with Gasteiger partial charge in [0, 0.05) is 0 Å². The summed E-state index contributed by atoms with van der Waals surface area (Å²) in [5, 5.41) is 7.23. The van der Waals surface area contributed by atoms with Crippen LogP contribution in [0.1, 0.15) is 6.42 Å². The number of aromatic nitrogens is 4. The molecule has 2 atom stereocenters. The number of carbonyl (C=O) groups excluding carboxylic acids is 1. The lowest BCUT2D eigenvalue weighted by atomic mass is 10.4. The molecule has 1 fully saturated rings. The van der Waals surface area contributed by atoms with Crippen molar-refractivity contribution in [3.8, 4) is 0 Å². The van der Waals surface area contributed by atoms with Gasteiger partial charge in [0.15, 0.2) is 10.8 Å². The number of nitrogens with one attached hydrogen (secondary N) is 1. The van der Waals surface area contributed by atoms with Gasteiger partial charge in [-0.25, -0.2) is 18.9 Å². The molecule has 1 N–H and O–H groups in total. The number of hydrogen-bond donors (Lipinski definition) is 1. The number of pyridine rings is 1. The van der Waals surface area contributed by atoms with E-state index < -0.39 is 12.1 Å². The summed E-state index contributed by atoms with van der Waals surface area (Å²) in [7, 11) is 0. The van der Waals surface area contributed by atoms with E-state index in [0.29, 0.717) is 22.7 Å². The molecule has 4 rings (SSSR count). The minimum Gasteiger partial charge on any atom is -0.302 e. The summed E-state index contributed by atoms with van der Waals surface area (Å²) in [5.74, 6) is -0.842. The van der Waals surface area contributed by atoms with E-state index in [1.807, 2.05) is 6.07 Å². The van der Waals surface area contributed by atoms with Crippen molar-refractivity contribution < 1.29 is 9.18 Å². The third-order valence-electron chi connectivity index (χ3n) is 3.13. The fraction of sp³-hybridized carbons (Fsp3) is 0.273. The summed E-state index contributed by atoms with van der Waals surface area (Å²) in [6, 6.07) is 1.82. The predicted octanol–water partition coefficient (Wildman–Crippen LogP) is 2.40. The Kier molecular flexibility index (Phi) is 2.55. The number of anilines is 1. The fourth-order valence-electron chi connectivity index (χ4n) is 1.99. The van der Waals surface area contributed by atoms with Gasteiger partial charge >= 0.3 is 0 Å². The van der Waals surface area contributed by atoms with E-state index in [1.165, 1.54) is 17.7 Å². The van der Waals surface area contributed by atoms with E-state index in [4.69, 9.17) is 0 Å². The number of alkyl halides is 1. The Labute approximate surface area is 124 Å². The highest BCUT2D eigenvalue weighted by atomic mass is 79.9. The zero-order valence-electron chi connectivity index (χ0n) is 9.88. The Morgan fingerprint density at radius 2 is 2.40 bits per heavy atom. The molecule has 0 saturated heterocycles. The molecule has 20 heavy (non-hydrogen) atoms. The van der Waals surface area contributed by atoms with E-state index in [2.05, 4.69) is 36.3 Å². The highest BCUT2D eigenvalue weighted by Crippen LogP contribution is 2.36. The monoisotopic (exact) mass is 355 g/mol. The van der Waals surface area contributed by atoms with E-state index in [-0.39, 0.29) is 5.91 Å². The van der Waals surface area contributed by atoms with Crippen molar-refractivity contribution in [2.24, 2.45) is 5.92 Å². The van der Waals surface area contributed by atoms with Crippen LogP contribution in [0.25, 0.3) is 16.0 Å². The molecule has 6 nitrogen and oxygen atoms in total. The molecule has 0 unspecified atom stereocenters. The molecule has 0 aromatic carbocycles. The molecular weight excluding hydrogens is 349 g/mol. The number of fused-ring (bicyclic) bond motifs is 3. The Morgan fingerprint density at radius 1 is 1.60 bits per heavy atom. The average Bonchev–Trinajstić information content (AvgIpc) is 2.83. The molecule has 1 amide bonds. The second-order valence-electron chi connectivity index (χ2n) is 4.54. The molecule has 1 aliphatic carbocycles. The molecular formula is C11H7BrFN5OS. The van der Waals surface area contributed by atoms with Crippen LogP contribution in [0.4, 0.5) is 9.52 Å². The quantitative estimate of drug-likeness (QED) is 0.765. The third-order valence-corrected chi connectivity index (χ3v) is 4.68. The second kappa shape index (κ2) is 4.19. The molecule has 0 aliphatic heterocycles. The third kappa shape index (κ3) is 1.80. The van der Waals surface area contributed by atoms with E-state index in [9.17, 15) is 9.18 Å². The zero-order chi connectivity index (χ0) is 13.9. The van der Waals surface area contributed by atoms with Crippen LogP contribution in [0.3, 0.4) is 0 Å². The molecule has 1 aliphatic rings. The SMILES string of the molecule is O=C(Nc1nc2cc(Br)c3ncnn3c2s1)[C@@H]1C[C@@H]1F. The molecule has 3 aromatic rings. The lowest BCUT2D eigenvalue weighted by molar-refractivity contribution is -0.117. The van der Waals surface area contributed by atoms with Gasteiger partial charge in [0.2, 0.25) is 5.91 Å². The summed E-state index contributed by atoms with van der Waals surface area (Å²) >= 11 is 4.69. The Bertz CT molecular complexity index is 846. The summed E-state index contributed by atoms with van der Waals surface area (Å²) in [6.07, 6.45) is 0.742. The second-order valence-corrected chi connectivity index (χ2v) is 6.38. The molecule has 0 spiro atoms. The first-order valence-electron chi connectivity index (χ1n) is 5.87. The number of carbonyl (C=O) groups is 1. The molecule has 9 heteroatoms. The summed E-state index contributed by atoms with van der Waals surface area (Å²) in [6.45, 7) is 0. The van der Waals surface area contributed by atoms with Crippen molar-refractivity contribution in [1.29, 1.82) is 0 Å². The first kappa shape index (κ1) is 12.2. The van der Waals surface area contributed by atoms with Crippen LogP contribution in [0.2, 0.25) is 0 Å². The first-order chi connectivity index (χ1) is 9.63. The number of rotatable bonds is 2. The normalized spacial score (nSPS) is 21.5. The largest absolute Gasteiger partial charge is 0.302 e. The average molecular weight is 356 g/mol. The topological polar surface area (TPSA) is 72.2 Å². The Morgan fingerprint density at radius 3 is 3.15 bits per heavy atom. The van der Waals surface area contributed by atoms with Crippen molar-refractivity contribution >= 4 is 54.3 Å². The van der Waals surface area contributed by atoms with Gasteiger partial charge < -0.3 is 5.32 Å². The predicted molar refractivity (Wildman–Crippen MR) is 75.5 cm³/mol. The number of halogens is 2. The Balaban J connectivity index is 1.76. The summed E-state index contributed by atoms with van der Waals surface area (Å²) in [5.41, 5.74) is 1.38. The van der Waals surface area contributed by atoms with Crippen LogP contribution in [-0.4, -0.2) is 31.7 Å². The maximum Gasteiger partial charge on any atom is 0.232 e. The highest BCUT2D eigenvalue weighted by Gasteiger charge is 2.43. The van der Waals surface area contributed by atoms with E-state index in [0.717, 1.165) is 9.30 Å². The van der Waals surface area contributed by atoms with Crippen LogP contribution < -0.4 is 5.32 Å². The Hall–Kier alpha value is -1.61. The van der Waals surface area contributed by atoms with Gasteiger partial charge in [-0.1, -0.05) is 11.3 Å². The number of nitrogens with zero attached hydrogens (tertiary/aromatic N) is 4. The molecule has 3 aromatic heterocycles. The fourth-order valence-corrected chi connectivity index (χ4v) is 3.39. The van der Waals surface area contributed by atoms with Crippen molar-refractivity contribution in [2.45, 2.75) is 12.6 Å². The van der Waals surface area contributed by atoms with Crippen LogP contribution >= 0.6 is 27.3 Å². The molecule has 0 radical (unpaired) electrons. The van der Waals surface area contributed by atoms with Crippen molar-refractivity contribution in [1.82, 2.24) is 19.6 Å². The molecule has 3 heterocycles. The lowest BCUT2D eigenvalue weighted by Crippen LogP contribution is -2.14.